The van der Waals surface area contributed by atoms with Crippen molar-refractivity contribution in [1.29, 1.82) is 0 Å². The first-order valence-corrected chi connectivity index (χ1v) is 9.46. The van der Waals surface area contributed by atoms with Crippen molar-refractivity contribution in [2.75, 3.05) is 13.1 Å². The highest BCUT2D eigenvalue weighted by atomic mass is 79.9. The smallest absolute Gasteiger partial charge is 0.391 e. The largest absolute Gasteiger partial charge is 0.489 e. The number of likely N-dealkylation sites (tertiary alicyclic amines) is 1. The van der Waals surface area contributed by atoms with E-state index in [2.05, 4.69) is 15.9 Å². The summed E-state index contributed by atoms with van der Waals surface area (Å²) in [5.41, 5.74) is 1.45. The molecule has 1 aliphatic rings. The van der Waals surface area contributed by atoms with Crippen LogP contribution in [-0.2, 0) is 6.61 Å². The minimum atomic E-state index is -4.19. The Morgan fingerprint density at radius 1 is 1.11 bits per heavy atom. The van der Waals surface area contributed by atoms with Crippen molar-refractivity contribution in [3.8, 4) is 5.75 Å². The van der Waals surface area contributed by atoms with Crippen molar-refractivity contribution in [2.24, 2.45) is 5.92 Å². The van der Waals surface area contributed by atoms with E-state index in [0.29, 0.717) is 22.4 Å². The van der Waals surface area contributed by atoms with Gasteiger partial charge < -0.3 is 9.64 Å². The Bertz CT molecular complexity index is 788. The van der Waals surface area contributed by atoms with Crippen LogP contribution in [-0.4, -0.2) is 30.1 Å². The average Bonchev–Trinajstić information content (AvgIpc) is 2.66. The number of benzene rings is 2. The Balaban J connectivity index is 1.61. The van der Waals surface area contributed by atoms with Crippen LogP contribution in [0.15, 0.2) is 53.0 Å². The van der Waals surface area contributed by atoms with Gasteiger partial charge in [0.2, 0.25) is 0 Å². The summed E-state index contributed by atoms with van der Waals surface area (Å²) in [5.74, 6) is -0.978. The number of carbonyl (C=O) groups excluding carboxylic acids is 1. The van der Waals surface area contributed by atoms with E-state index in [9.17, 15) is 18.0 Å². The molecular formula is C20H19BrF3NO2. The fourth-order valence-corrected chi connectivity index (χ4v) is 3.61. The first kappa shape index (κ1) is 19.7. The van der Waals surface area contributed by atoms with Crippen molar-refractivity contribution in [3.63, 3.8) is 0 Å². The Kier molecular flexibility index (Phi) is 6.09. The molecule has 0 spiro atoms. The van der Waals surface area contributed by atoms with Crippen LogP contribution < -0.4 is 4.74 Å². The summed E-state index contributed by atoms with van der Waals surface area (Å²) in [6, 6.07) is 14.7. The molecule has 0 atom stereocenters. The quantitative estimate of drug-likeness (QED) is 0.631. The molecule has 1 heterocycles. The number of piperidine rings is 1. The van der Waals surface area contributed by atoms with Crippen LogP contribution in [0.4, 0.5) is 13.2 Å². The van der Waals surface area contributed by atoms with Crippen LogP contribution in [0.1, 0.15) is 28.8 Å². The van der Waals surface area contributed by atoms with Crippen molar-refractivity contribution in [1.82, 2.24) is 4.90 Å². The van der Waals surface area contributed by atoms with E-state index in [1.165, 1.54) is 4.90 Å². The van der Waals surface area contributed by atoms with Crippen molar-refractivity contribution < 1.29 is 22.7 Å². The third-order valence-electron chi connectivity index (χ3n) is 4.66. The molecule has 2 aromatic carbocycles. The van der Waals surface area contributed by atoms with Crippen LogP contribution in [0.25, 0.3) is 0 Å². The molecule has 3 nitrogen and oxygen atoms in total. The number of amides is 1. The third-order valence-corrected chi connectivity index (χ3v) is 5.32. The summed E-state index contributed by atoms with van der Waals surface area (Å²) in [6.07, 6.45) is -4.29. The van der Waals surface area contributed by atoms with E-state index in [1.807, 2.05) is 30.3 Å². The summed E-state index contributed by atoms with van der Waals surface area (Å²) in [4.78, 5) is 14.1. The number of hydrogen-bond acceptors (Lipinski definition) is 2. The van der Waals surface area contributed by atoms with E-state index in [1.54, 1.807) is 18.2 Å². The Labute approximate surface area is 164 Å². The second kappa shape index (κ2) is 8.33. The van der Waals surface area contributed by atoms with E-state index >= 15 is 0 Å². The Morgan fingerprint density at radius 3 is 2.37 bits per heavy atom. The van der Waals surface area contributed by atoms with Gasteiger partial charge in [-0.1, -0.05) is 30.3 Å². The van der Waals surface area contributed by atoms with E-state index < -0.39 is 12.1 Å². The number of alkyl halides is 3. The molecule has 0 N–H and O–H groups in total. The fraction of sp³-hybridized carbons (Fsp3) is 0.350. The van der Waals surface area contributed by atoms with Crippen LogP contribution in [0, 0.1) is 5.92 Å². The molecule has 1 amide bonds. The zero-order valence-corrected chi connectivity index (χ0v) is 16.1. The normalized spacial score (nSPS) is 15.6. The second-order valence-corrected chi connectivity index (χ2v) is 7.38. The van der Waals surface area contributed by atoms with Gasteiger partial charge in [-0.3, -0.25) is 4.79 Å². The Morgan fingerprint density at radius 2 is 1.78 bits per heavy atom. The summed E-state index contributed by atoms with van der Waals surface area (Å²) >= 11 is 3.38. The lowest BCUT2D eigenvalue weighted by Crippen LogP contribution is -2.42. The molecule has 1 fully saturated rings. The summed E-state index contributed by atoms with van der Waals surface area (Å²) in [5, 5.41) is 0. The number of hydrogen-bond donors (Lipinski definition) is 0. The van der Waals surface area contributed by atoms with Gasteiger partial charge in [0, 0.05) is 17.6 Å². The number of carbonyl (C=O) groups is 1. The molecule has 0 radical (unpaired) electrons. The fourth-order valence-electron chi connectivity index (χ4n) is 3.08. The highest BCUT2D eigenvalue weighted by Gasteiger charge is 2.41. The summed E-state index contributed by atoms with van der Waals surface area (Å²) < 4.78 is 44.6. The lowest BCUT2D eigenvalue weighted by atomic mass is 9.96. The second-order valence-electron chi connectivity index (χ2n) is 6.52. The Hall–Kier alpha value is -2.02. The van der Waals surface area contributed by atoms with Gasteiger partial charge in [0.15, 0.2) is 0 Å². The maximum Gasteiger partial charge on any atom is 0.391 e. The number of rotatable bonds is 4. The number of nitrogens with zero attached hydrogens (tertiary/aromatic N) is 1. The molecule has 0 aromatic heterocycles. The van der Waals surface area contributed by atoms with Crippen molar-refractivity contribution in [2.45, 2.75) is 25.6 Å². The minimum Gasteiger partial charge on any atom is -0.489 e. The average molecular weight is 442 g/mol. The SMILES string of the molecule is O=C(c1ccc(OCc2ccccc2)cc1Br)N1CCC(C(F)(F)F)CC1. The molecule has 0 bridgehead atoms. The minimum absolute atomic E-state index is 0.0505. The maximum absolute atomic E-state index is 12.8. The number of ether oxygens (including phenoxy) is 1. The molecule has 3 rings (SSSR count). The molecule has 7 heteroatoms. The van der Waals surface area contributed by atoms with Crippen LogP contribution in [0.2, 0.25) is 0 Å². The van der Waals surface area contributed by atoms with Crippen LogP contribution in [0.3, 0.4) is 0 Å². The zero-order valence-electron chi connectivity index (χ0n) is 14.5. The van der Waals surface area contributed by atoms with E-state index in [4.69, 9.17) is 4.74 Å². The molecule has 0 aliphatic carbocycles. The predicted molar refractivity (Wildman–Crippen MR) is 99.6 cm³/mol. The van der Waals surface area contributed by atoms with Gasteiger partial charge in [-0.2, -0.15) is 13.2 Å². The van der Waals surface area contributed by atoms with Crippen molar-refractivity contribution in [3.05, 3.63) is 64.1 Å². The van der Waals surface area contributed by atoms with Gasteiger partial charge in [-0.05, 0) is 52.5 Å². The summed E-state index contributed by atoms with van der Waals surface area (Å²) in [7, 11) is 0. The lowest BCUT2D eigenvalue weighted by molar-refractivity contribution is -0.183. The molecule has 2 aromatic rings. The van der Waals surface area contributed by atoms with Gasteiger partial charge >= 0.3 is 6.18 Å². The third kappa shape index (κ3) is 5.03. The van der Waals surface area contributed by atoms with Crippen molar-refractivity contribution >= 4 is 21.8 Å². The van der Waals surface area contributed by atoms with Gasteiger partial charge in [-0.15, -0.1) is 0 Å². The maximum atomic E-state index is 12.8. The number of halogens is 4. The standard InChI is InChI=1S/C20H19BrF3NO2/c21-18-12-16(27-13-14-4-2-1-3-5-14)6-7-17(18)19(26)25-10-8-15(9-11-25)20(22,23)24/h1-7,12,15H,8-11,13H2. The van der Waals surface area contributed by atoms with Gasteiger partial charge in [0.25, 0.3) is 5.91 Å². The van der Waals surface area contributed by atoms with Crippen LogP contribution >= 0.6 is 15.9 Å². The predicted octanol–water partition coefficient (Wildman–Crippen LogP) is 5.44. The first-order valence-electron chi connectivity index (χ1n) is 8.67. The summed E-state index contributed by atoms with van der Waals surface area (Å²) in [6.45, 7) is 0.634. The zero-order chi connectivity index (χ0) is 19.4. The van der Waals surface area contributed by atoms with Gasteiger partial charge in [0.05, 0.1) is 11.5 Å². The highest BCUT2D eigenvalue weighted by Crippen LogP contribution is 2.35. The molecule has 27 heavy (non-hydrogen) atoms. The molecule has 0 unspecified atom stereocenters. The topological polar surface area (TPSA) is 29.5 Å². The molecular weight excluding hydrogens is 423 g/mol. The van der Waals surface area contributed by atoms with Gasteiger partial charge in [-0.25, -0.2) is 0 Å². The monoisotopic (exact) mass is 441 g/mol. The molecule has 0 saturated carbocycles. The van der Waals surface area contributed by atoms with E-state index in [0.717, 1.165) is 5.56 Å². The first-order chi connectivity index (χ1) is 12.8. The lowest BCUT2D eigenvalue weighted by Gasteiger charge is -2.33. The highest BCUT2D eigenvalue weighted by molar-refractivity contribution is 9.10. The molecule has 1 saturated heterocycles. The van der Waals surface area contributed by atoms with Crippen LogP contribution in [0.5, 0.6) is 5.75 Å². The molecule has 144 valence electrons. The van der Waals surface area contributed by atoms with E-state index in [-0.39, 0.29) is 31.8 Å². The van der Waals surface area contributed by atoms with Gasteiger partial charge in [0.1, 0.15) is 12.4 Å². The molecule has 1 aliphatic heterocycles.